The number of nitrogens with zero attached hydrogens (tertiary/aromatic N) is 3. The summed E-state index contributed by atoms with van der Waals surface area (Å²) in [6, 6.07) is 5.73. The number of likely N-dealkylation sites (N-methyl/N-ethyl adjacent to an activating group) is 1. The van der Waals surface area contributed by atoms with Gasteiger partial charge in [-0.25, -0.2) is 0 Å². The molecule has 2 atom stereocenters. The second-order valence-electron chi connectivity index (χ2n) is 8.26. The van der Waals surface area contributed by atoms with E-state index >= 15 is 0 Å². The number of hydrogen-bond donors (Lipinski definition) is 1. The summed E-state index contributed by atoms with van der Waals surface area (Å²) in [4.78, 5) is 19.4. The zero-order valence-corrected chi connectivity index (χ0v) is 16.6. The first-order valence-corrected chi connectivity index (χ1v) is 10.4. The topological polar surface area (TPSA) is 89.7 Å². The number of ether oxygens (including phenoxy) is 2. The lowest BCUT2D eigenvalue weighted by atomic mass is 9.88. The number of nitrogens with one attached hydrogen (secondary N) is 1. The molecule has 29 heavy (non-hydrogen) atoms. The Bertz CT molecular complexity index is 893. The number of benzene rings is 1. The van der Waals surface area contributed by atoms with Crippen molar-refractivity contribution in [1.82, 2.24) is 20.4 Å². The third-order valence-electron chi connectivity index (χ3n) is 6.23. The summed E-state index contributed by atoms with van der Waals surface area (Å²) in [6.45, 7) is 1.02. The smallest absolute Gasteiger partial charge is 0.244 e. The molecule has 1 N–H and O–H groups in total. The minimum atomic E-state index is 0.00177. The molecule has 2 fully saturated rings. The van der Waals surface area contributed by atoms with Crippen molar-refractivity contribution in [3.8, 4) is 22.9 Å². The lowest BCUT2D eigenvalue weighted by molar-refractivity contribution is -0.126. The molecule has 3 aliphatic rings. The molecule has 2 unspecified atom stereocenters. The van der Waals surface area contributed by atoms with Crippen molar-refractivity contribution in [3.63, 3.8) is 0 Å². The molecule has 3 heterocycles. The van der Waals surface area contributed by atoms with E-state index in [0.29, 0.717) is 17.5 Å². The zero-order chi connectivity index (χ0) is 19.8. The SMILES string of the molecule is CN1CC(NC(=O)C2CCCCC2)CC1c1nc(-c2ccc3c(c2)OCO3)no1. The van der Waals surface area contributed by atoms with Gasteiger partial charge in [-0.05, 0) is 44.5 Å². The molecule has 5 rings (SSSR count). The van der Waals surface area contributed by atoms with Gasteiger partial charge in [0.05, 0.1) is 6.04 Å². The highest BCUT2D eigenvalue weighted by Crippen LogP contribution is 2.36. The van der Waals surface area contributed by atoms with E-state index in [1.165, 1.54) is 6.42 Å². The van der Waals surface area contributed by atoms with Crippen LogP contribution in [0.2, 0.25) is 0 Å². The number of hydrogen-bond acceptors (Lipinski definition) is 7. The van der Waals surface area contributed by atoms with E-state index in [-0.39, 0.29) is 30.7 Å². The van der Waals surface area contributed by atoms with Crippen LogP contribution < -0.4 is 14.8 Å². The number of amides is 1. The Morgan fingerprint density at radius 2 is 2.00 bits per heavy atom. The number of carbonyl (C=O) groups excluding carboxylic acids is 1. The molecule has 2 aliphatic heterocycles. The van der Waals surface area contributed by atoms with Gasteiger partial charge in [-0.1, -0.05) is 24.4 Å². The Labute approximate surface area is 169 Å². The van der Waals surface area contributed by atoms with Crippen molar-refractivity contribution in [2.75, 3.05) is 20.4 Å². The van der Waals surface area contributed by atoms with Crippen LogP contribution in [-0.2, 0) is 4.79 Å². The van der Waals surface area contributed by atoms with E-state index in [1.807, 2.05) is 25.2 Å². The number of fused-ring (bicyclic) bond motifs is 1. The fraction of sp³-hybridized carbons (Fsp3) is 0.571. The molecule has 154 valence electrons. The lowest BCUT2D eigenvalue weighted by Gasteiger charge is -2.22. The number of carbonyl (C=O) groups is 1. The van der Waals surface area contributed by atoms with Gasteiger partial charge in [0.1, 0.15) is 0 Å². The van der Waals surface area contributed by atoms with Crippen molar-refractivity contribution < 1.29 is 18.8 Å². The third kappa shape index (κ3) is 3.69. The first-order chi connectivity index (χ1) is 14.2. The molecule has 1 amide bonds. The van der Waals surface area contributed by atoms with Gasteiger partial charge >= 0.3 is 0 Å². The summed E-state index contributed by atoms with van der Waals surface area (Å²) in [5.74, 6) is 2.90. The molecule has 8 heteroatoms. The first-order valence-electron chi connectivity index (χ1n) is 10.4. The molecule has 0 spiro atoms. The molecule has 1 aliphatic carbocycles. The fourth-order valence-corrected chi connectivity index (χ4v) is 4.60. The third-order valence-corrected chi connectivity index (χ3v) is 6.23. The molecule has 1 aromatic heterocycles. The number of aromatic nitrogens is 2. The van der Waals surface area contributed by atoms with Crippen molar-refractivity contribution in [2.24, 2.45) is 5.92 Å². The minimum absolute atomic E-state index is 0.00177. The molecule has 0 bridgehead atoms. The Hall–Kier alpha value is -2.61. The Morgan fingerprint density at radius 3 is 2.86 bits per heavy atom. The molecular weight excluding hydrogens is 372 g/mol. The van der Waals surface area contributed by atoms with Gasteiger partial charge in [-0.15, -0.1) is 0 Å². The summed E-state index contributed by atoms with van der Waals surface area (Å²) in [6.07, 6.45) is 6.38. The van der Waals surface area contributed by atoms with Gasteiger partial charge in [-0.2, -0.15) is 4.98 Å². The van der Waals surface area contributed by atoms with Crippen LogP contribution in [0.4, 0.5) is 0 Å². The van der Waals surface area contributed by atoms with Crippen LogP contribution in [0.3, 0.4) is 0 Å². The van der Waals surface area contributed by atoms with Crippen LogP contribution in [0.25, 0.3) is 11.4 Å². The summed E-state index contributed by atoms with van der Waals surface area (Å²) in [7, 11) is 2.03. The molecular formula is C21H26N4O4. The largest absolute Gasteiger partial charge is 0.454 e. The van der Waals surface area contributed by atoms with Gasteiger partial charge in [-0.3, -0.25) is 9.69 Å². The standard InChI is InChI=1S/C21H26N4O4/c1-25-11-15(22-20(26)13-5-3-2-4-6-13)10-16(25)21-23-19(24-29-21)14-7-8-17-18(9-14)28-12-27-17/h7-9,13,15-16H,2-6,10-12H2,1H3,(H,22,26). The maximum Gasteiger partial charge on any atom is 0.244 e. The van der Waals surface area contributed by atoms with Crippen LogP contribution in [0.1, 0.15) is 50.5 Å². The predicted molar refractivity (Wildman–Crippen MR) is 104 cm³/mol. The first kappa shape index (κ1) is 18.4. The van der Waals surface area contributed by atoms with Crippen molar-refractivity contribution >= 4 is 5.91 Å². The van der Waals surface area contributed by atoms with Gasteiger partial charge in [0.15, 0.2) is 11.5 Å². The second-order valence-corrected chi connectivity index (χ2v) is 8.26. The molecule has 8 nitrogen and oxygen atoms in total. The summed E-state index contributed by atoms with van der Waals surface area (Å²) in [5, 5.41) is 7.40. The van der Waals surface area contributed by atoms with E-state index in [9.17, 15) is 4.79 Å². The Morgan fingerprint density at radius 1 is 1.17 bits per heavy atom. The summed E-state index contributed by atoms with van der Waals surface area (Å²) in [5.41, 5.74) is 0.826. The molecule has 1 saturated carbocycles. The van der Waals surface area contributed by atoms with Gasteiger partial charge < -0.3 is 19.3 Å². The zero-order valence-electron chi connectivity index (χ0n) is 16.6. The molecule has 0 radical (unpaired) electrons. The number of likely N-dealkylation sites (tertiary alicyclic amines) is 1. The normalized spacial score (nSPS) is 24.7. The van der Waals surface area contributed by atoms with Crippen molar-refractivity contribution in [3.05, 3.63) is 24.1 Å². The minimum Gasteiger partial charge on any atom is -0.454 e. The van der Waals surface area contributed by atoms with Gasteiger partial charge in [0, 0.05) is 24.1 Å². The van der Waals surface area contributed by atoms with E-state index in [2.05, 4.69) is 20.4 Å². The fourth-order valence-electron chi connectivity index (χ4n) is 4.60. The highest BCUT2D eigenvalue weighted by atomic mass is 16.7. The molecule has 1 saturated heterocycles. The van der Waals surface area contributed by atoms with Crippen LogP contribution in [0.15, 0.2) is 22.7 Å². The quantitative estimate of drug-likeness (QED) is 0.847. The predicted octanol–water partition coefficient (Wildman–Crippen LogP) is 2.91. The average Bonchev–Trinajstić information content (AvgIpc) is 3.47. The number of rotatable bonds is 4. The van der Waals surface area contributed by atoms with Gasteiger partial charge in [0.2, 0.25) is 24.4 Å². The van der Waals surface area contributed by atoms with E-state index in [4.69, 9.17) is 14.0 Å². The van der Waals surface area contributed by atoms with E-state index in [0.717, 1.165) is 50.0 Å². The Balaban J connectivity index is 1.25. The van der Waals surface area contributed by atoms with Crippen LogP contribution in [-0.4, -0.2) is 47.4 Å². The Kier molecular flexibility index (Phi) is 4.87. The summed E-state index contributed by atoms with van der Waals surface area (Å²) >= 11 is 0. The van der Waals surface area contributed by atoms with E-state index < -0.39 is 0 Å². The highest BCUT2D eigenvalue weighted by molar-refractivity contribution is 5.79. The molecule has 2 aromatic rings. The maximum absolute atomic E-state index is 12.6. The second kappa shape index (κ2) is 7.67. The van der Waals surface area contributed by atoms with Crippen LogP contribution in [0.5, 0.6) is 11.5 Å². The van der Waals surface area contributed by atoms with Gasteiger partial charge in [0.25, 0.3) is 0 Å². The average molecular weight is 398 g/mol. The maximum atomic E-state index is 12.6. The monoisotopic (exact) mass is 398 g/mol. The highest BCUT2D eigenvalue weighted by Gasteiger charge is 2.36. The van der Waals surface area contributed by atoms with Crippen LogP contribution >= 0.6 is 0 Å². The lowest BCUT2D eigenvalue weighted by Crippen LogP contribution is -2.40. The summed E-state index contributed by atoms with van der Waals surface area (Å²) < 4.78 is 16.4. The van der Waals surface area contributed by atoms with E-state index in [1.54, 1.807) is 0 Å². The van der Waals surface area contributed by atoms with Crippen molar-refractivity contribution in [1.29, 1.82) is 0 Å². The van der Waals surface area contributed by atoms with Crippen molar-refractivity contribution in [2.45, 2.75) is 50.6 Å². The molecule has 1 aromatic carbocycles. The van der Waals surface area contributed by atoms with Crippen LogP contribution in [0, 0.1) is 5.92 Å².